The van der Waals surface area contributed by atoms with Crippen LogP contribution in [0.15, 0.2) is 48.5 Å². The van der Waals surface area contributed by atoms with Crippen molar-refractivity contribution in [1.29, 1.82) is 0 Å². The second-order valence-electron chi connectivity index (χ2n) is 5.84. The molecule has 0 aliphatic rings. The largest absolute Gasteiger partial charge is 0.497 e. The Morgan fingerprint density at radius 2 is 1.58 bits per heavy atom. The van der Waals surface area contributed by atoms with E-state index in [1.54, 1.807) is 51.5 Å². The number of hydrogen-bond acceptors (Lipinski definition) is 4. The highest BCUT2D eigenvalue weighted by Crippen LogP contribution is 2.26. The Morgan fingerprint density at radius 3 is 2.15 bits per heavy atom. The highest BCUT2D eigenvalue weighted by Gasteiger charge is 2.15. The summed E-state index contributed by atoms with van der Waals surface area (Å²) in [6.45, 7) is 1.99. The van der Waals surface area contributed by atoms with E-state index in [9.17, 15) is 4.79 Å². The second kappa shape index (κ2) is 8.94. The van der Waals surface area contributed by atoms with Crippen LogP contribution in [0, 0.1) is 0 Å². The lowest BCUT2D eigenvalue weighted by Gasteiger charge is -2.24. The van der Waals surface area contributed by atoms with E-state index in [2.05, 4.69) is 0 Å². The number of carbonyl (C=O) groups excluding carboxylic acids is 1. The van der Waals surface area contributed by atoms with Gasteiger partial charge in [0.2, 0.25) is 5.91 Å². The third kappa shape index (κ3) is 4.57. The Bertz CT molecular complexity index is 768. The summed E-state index contributed by atoms with van der Waals surface area (Å²) in [5.74, 6) is 2.06. The molecule has 0 aliphatic carbocycles. The number of carbonyl (C=O) groups is 1. The summed E-state index contributed by atoms with van der Waals surface area (Å²) in [5, 5.41) is 0. The fourth-order valence-corrected chi connectivity index (χ4v) is 2.53. The smallest absolute Gasteiger partial charge is 0.246 e. The maximum Gasteiger partial charge on any atom is 0.246 e. The Morgan fingerprint density at radius 1 is 0.962 bits per heavy atom. The molecular weight excluding hydrogens is 330 g/mol. The second-order valence-corrected chi connectivity index (χ2v) is 5.84. The van der Waals surface area contributed by atoms with Crippen LogP contribution in [-0.2, 0) is 4.79 Å². The van der Waals surface area contributed by atoms with Gasteiger partial charge in [-0.15, -0.1) is 0 Å². The molecule has 2 aromatic rings. The van der Waals surface area contributed by atoms with Gasteiger partial charge < -0.3 is 19.1 Å². The van der Waals surface area contributed by atoms with E-state index in [0.29, 0.717) is 11.5 Å². The van der Waals surface area contributed by atoms with Crippen LogP contribution in [0.1, 0.15) is 24.1 Å². The highest BCUT2D eigenvalue weighted by atomic mass is 16.5. The van der Waals surface area contributed by atoms with Crippen LogP contribution in [0.3, 0.4) is 0 Å². The number of amides is 1. The molecule has 0 N–H and O–H groups in total. The number of nitrogens with zero attached hydrogens (tertiary/aromatic N) is 1. The zero-order valence-corrected chi connectivity index (χ0v) is 15.9. The third-order valence-corrected chi connectivity index (χ3v) is 4.37. The summed E-state index contributed by atoms with van der Waals surface area (Å²) in [5.41, 5.74) is 1.85. The molecule has 0 saturated heterocycles. The zero-order valence-electron chi connectivity index (χ0n) is 15.9. The number of hydrogen-bond donors (Lipinski definition) is 0. The molecule has 138 valence electrons. The van der Waals surface area contributed by atoms with Crippen molar-refractivity contribution < 1.29 is 19.0 Å². The normalized spacial score (nSPS) is 11.9. The van der Waals surface area contributed by atoms with Crippen LogP contribution < -0.4 is 14.2 Å². The minimum atomic E-state index is -0.0915. The standard InChI is InChI=1S/C21H25NO4/c1-15(16-6-10-18(24-3)11-7-16)22(2)21(23)13-9-17-8-12-19(25-4)14-20(17)26-5/h6-15H,1-5H3/b13-9+. The predicted molar refractivity (Wildman–Crippen MR) is 103 cm³/mol. The first-order valence-electron chi connectivity index (χ1n) is 8.31. The van der Waals surface area contributed by atoms with Crippen LogP contribution in [0.4, 0.5) is 0 Å². The fraction of sp³-hybridized carbons (Fsp3) is 0.286. The van der Waals surface area contributed by atoms with Crippen LogP contribution >= 0.6 is 0 Å². The van der Waals surface area contributed by atoms with Crippen LogP contribution in [0.25, 0.3) is 6.08 Å². The van der Waals surface area contributed by atoms with E-state index in [1.165, 1.54) is 0 Å². The number of likely N-dealkylation sites (N-methyl/N-ethyl adjacent to an activating group) is 1. The molecule has 5 heteroatoms. The molecule has 0 saturated carbocycles. The summed E-state index contributed by atoms with van der Waals surface area (Å²) in [6.07, 6.45) is 3.29. The van der Waals surface area contributed by atoms with Gasteiger partial charge in [-0.2, -0.15) is 0 Å². The van der Waals surface area contributed by atoms with Gasteiger partial charge in [-0.05, 0) is 42.8 Å². The topological polar surface area (TPSA) is 48.0 Å². The van der Waals surface area contributed by atoms with Crippen molar-refractivity contribution in [3.05, 3.63) is 59.7 Å². The molecule has 1 unspecified atom stereocenters. The monoisotopic (exact) mass is 355 g/mol. The van der Waals surface area contributed by atoms with Crippen molar-refractivity contribution in [2.24, 2.45) is 0 Å². The van der Waals surface area contributed by atoms with Crippen LogP contribution in [0.2, 0.25) is 0 Å². The number of methoxy groups -OCH3 is 3. The van der Waals surface area contributed by atoms with Gasteiger partial charge in [0.05, 0.1) is 27.4 Å². The predicted octanol–water partition coefficient (Wildman–Crippen LogP) is 3.95. The third-order valence-electron chi connectivity index (χ3n) is 4.37. The molecule has 0 heterocycles. The SMILES string of the molecule is COc1ccc(C(C)N(C)C(=O)/C=C/c2ccc(OC)cc2OC)cc1. The van der Waals surface area contributed by atoms with E-state index >= 15 is 0 Å². The molecule has 0 aromatic heterocycles. The lowest BCUT2D eigenvalue weighted by Crippen LogP contribution is -2.27. The van der Waals surface area contributed by atoms with Gasteiger partial charge in [-0.3, -0.25) is 4.79 Å². The molecule has 2 rings (SSSR count). The molecule has 5 nitrogen and oxygen atoms in total. The quantitative estimate of drug-likeness (QED) is 0.706. The molecule has 0 fully saturated rings. The average molecular weight is 355 g/mol. The Hall–Kier alpha value is -2.95. The summed E-state index contributed by atoms with van der Waals surface area (Å²) < 4.78 is 15.7. The van der Waals surface area contributed by atoms with Crippen LogP contribution in [-0.4, -0.2) is 39.2 Å². The molecule has 1 atom stereocenters. The maximum absolute atomic E-state index is 12.5. The van der Waals surface area contributed by atoms with Gasteiger partial charge in [0, 0.05) is 24.8 Å². The summed E-state index contributed by atoms with van der Waals surface area (Å²) in [6, 6.07) is 13.1. The summed E-state index contributed by atoms with van der Waals surface area (Å²) in [4.78, 5) is 14.2. The molecular formula is C21H25NO4. The van der Waals surface area contributed by atoms with E-state index in [-0.39, 0.29) is 11.9 Å². The van der Waals surface area contributed by atoms with E-state index in [4.69, 9.17) is 14.2 Å². The first-order valence-corrected chi connectivity index (χ1v) is 8.31. The van der Waals surface area contributed by atoms with Crippen molar-refractivity contribution in [3.8, 4) is 17.2 Å². The average Bonchev–Trinajstić information content (AvgIpc) is 2.70. The lowest BCUT2D eigenvalue weighted by molar-refractivity contribution is -0.126. The summed E-state index contributed by atoms with van der Waals surface area (Å²) >= 11 is 0. The Balaban J connectivity index is 2.11. The Kier molecular flexibility index (Phi) is 6.67. The minimum Gasteiger partial charge on any atom is -0.497 e. The number of ether oxygens (including phenoxy) is 3. The highest BCUT2D eigenvalue weighted by molar-refractivity contribution is 5.92. The van der Waals surface area contributed by atoms with Crippen LogP contribution in [0.5, 0.6) is 17.2 Å². The number of benzene rings is 2. The molecule has 0 radical (unpaired) electrons. The van der Waals surface area contributed by atoms with Crippen molar-refractivity contribution in [2.45, 2.75) is 13.0 Å². The van der Waals surface area contributed by atoms with Gasteiger partial charge >= 0.3 is 0 Å². The fourth-order valence-electron chi connectivity index (χ4n) is 2.53. The summed E-state index contributed by atoms with van der Waals surface area (Å²) in [7, 11) is 6.61. The van der Waals surface area contributed by atoms with Gasteiger partial charge in [-0.1, -0.05) is 12.1 Å². The first kappa shape index (κ1) is 19.4. The van der Waals surface area contributed by atoms with Crippen molar-refractivity contribution in [1.82, 2.24) is 4.90 Å². The maximum atomic E-state index is 12.5. The van der Waals surface area contributed by atoms with E-state index < -0.39 is 0 Å². The van der Waals surface area contributed by atoms with Crippen molar-refractivity contribution >= 4 is 12.0 Å². The van der Waals surface area contributed by atoms with Gasteiger partial charge in [0.1, 0.15) is 17.2 Å². The number of rotatable bonds is 7. The van der Waals surface area contributed by atoms with E-state index in [0.717, 1.165) is 16.9 Å². The first-order chi connectivity index (χ1) is 12.5. The van der Waals surface area contributed by atoms with Gasteiger partial charge in [0.15, 0.2) is 0 Å². The lowest BCUT2D eigenvalue weighted by atomic mass is 10.1. The Labute approximate surface area is 154 Å². The molecule has 26 heavy (non-hydrogen) atoms. The molecule has 2 aromatic carbocycles. The molecule has 0 bridgehead atoms. The van der Waals surface area contributed by atoms with Gasteiger partial charge in [-0.25, -0.2) is 0 Å². The minimum absolute atomic E-state index is 0.0594. The molecule has 0 spiro atoms. The van der Waals surface area contributed by atoms with Crippen molar-refractivity contribution in [3.63, 3.8) is 0 Å². The molecule has 1 amide bonds. The molecule has 0 aliphatic heterocycles. The van der Waals surface area contributed by atoms with Crippen molar-refractivity contribution in [2.75, 3.05) is 28.4 Å². The zero-order chi connectivity index (χ0) is 19.1. The van der Waals surface area contributed by atoms with E-state index in [1.807, 2.05) is 43.3 Å². The van der Waals surface area contributed by atoms with Gasteiger partial charge in [0.25, 0.3) is 0 Å².